The number of carbonyl (C=O) groups excluding carboxylic acids is 2. The first kappa shape index (κ1) is 19.9. The highest BCUT2D eigenvalue weighted by Gasteiger charge is 2.45. The van der Waals surface area contributed by atoms with Crippen LogP contribution in [0.1, 0.15) is 45.7 Å². The molecule has 1 aromatic heterocycles. The molecule has 3 heterocycles. The summed E-state index contributed by atoms with van der Waals surface area (Å²) in [6.45, 7) is 0. The Morgan fingerprint density at radius 3 is 2.23 bits per heavy atom. The lowest BCUT2D eigenvalue weighted by Crippen LogP contribution is -2.52. The van der Waals surface area contributed by atoms with Crippen molar-refractivity contribution in [1.82, 2.24) is 14.8 Å². The van der Waals surface area contributed by atoms with Gasteiger partial charge in [-0.1, -0.05) is 48.5 Å². The zero-order valence-electron chi connectivity index (χ0n) is 17.5. The lowest BCUT2D eigenvalue weighted by Gasteiger charge is -2.42. The fourth-order valence-corrected chi connectivity index (χ4v) is 5.83. The molecule has 6 heteroatoms. The minimum atomic E-state index is 0.0553. The van der Waals surface area contributed by atoms with Crippen LogP contribution in [0.5, 0.6) is 0 Å². The van der Waals surface area contributed by atoms with Crippen LogP contribution in [0.3, 0.4) is 0 Å². The second kappa shape index (κ2) is 8.27. The summed E-state index contributed by atoms with van der Waals surface area (Å²) in [6.07, 6.45) is 5.39. The highest BCUT2D eigenvalue weighted by molar-refractivity contribution is 7.16. The van der Waals surface area contributed by atoms with Crippen molar-refractivity contribution in [3.8, 4) is 10.6 Å². The van der Waals surface area contributed by atoms with Crippen LogP contribution in [0.15, 0.2) is 66.9 Å². The van der Waals surface area contributed by atoms with Crippen molar-refractivity contribution in [3.63, 3.8) is 0 Å². The molecule has 2 amide bonds. The number of hydrogen-bond donors (Lipinski definition) is 0. The number of fused-ring (bicyclic) bond motifs is 2. The van der Waals surface area contributed by atoms with Gasteiger partial charge in [-0.2, -0.15) is 0 Å². The van der Waals surface area contributed by atoms with Crippen molar-refractivity contribution in [2.75, 3.05) is 7.05 Å². The van der Waals surface area contributed by atoms with E-state index in [1.54, 1.807) is 6.20 Å². The molecule has 2 saturated heterocycles. The number of nitrogens with zero attached hydrogens (tertiary/aromatic N) is 3. The van der Waals surface area contributed by atoms with E-state index in [4.69, 9.17) is 0 Å². The number of aromatic nitrogens is 1. The van der Waals surface area contributed by atoms with Gasteiger partial charge < -0.3 is 9.80 Å². The van der Waals surface area contributed by atoms with Gasteiger partial charge in [-0.15, -0.1) is 11.3 Å². The summed E-state index contributed by atoms with van der Waals surface area (Å²) in [5.74, 6) is 0.141. The number of hydrogen-bond acceptors (Lipinski definition) is 4. The number of piperidine rings is 1. The van der Waals surface area contributed by atoms with E-state index in [2.05, 4.69) is 9.88 Å². The third kappa shape index (κ3) is 3.76. The van der Waals surface area contributed by atoms with Gasteiger partial charge in [-0.25, -0.2) is 4.98 Å². The maximum Gasteiger partial charge on any atom is 0.266 e. The van der Waals surface area contributed by atoms with Crippen LogP contribution >= 0.6 is 11.3 Å². The summed E-state index contributed by atoms with van der Waals surface area (Å²) in [4.78, 5) is 35.4. The first-order valence-electron chi connectivity index (χ1n) is 10.8. The van der Waals surface area contributed by atoms with Crippen molar-refractivity contribution in [2.45, 2.75) is 43.8 Å². The molecule has 158 valence electrons. The fourth-order valence-electron chi connectivity index (χ4n) is 4.96. The normalized spacial score (nSPS) is 22.4. The molecule has 2 unspecified atom stereocenters. The Labute approximate surface area is 186 Å². The van der Waals surface area contributed by atoms with Crippen molar-refractivity contribution in [3.05, 3.63) is 77.3 Å². The van der Waals surface area contributed by atoms with Gasteiger partial charge in [0.1, 0.15) is 9.88 Å². The zero-order chi connectivity index (χ0) is 21.4. The predicted molar refractivity (Wildman–Crippen MR) is 122 cm³/mol. The standard InChI is InChI=1S/C25H25N3O2S/c1-27(24(29)18-10-6-3-7-11-18)21-14-19-12-13-20(15-21)28(19)25(30)22-16-26-23(31-22)17-8-4-2-5-9-17/h2-11,16,19-21H,12-15H2,1H3. The van der Waals surface area contributed by atoms with E-state index in [-0.39, 0.29) is 29.9 Å². The van der Waals surface area contributed by atoms with E-state index >= 15 is 0 Å². The molecule has 0 aliphatic carbocycles. The predicted octanol–water partition coefficient (Wildman–Crippen LogP) is 4.72. The summed E-state index contributed by atoms with van der Waals surface area (Å²) >= 11 is 1.46. The Kier molecular flexibility index (Phi) is 5.32. The van der Waals surface area contributed by atoms with Gasteiger partial charge in [0.25, 0.3) is 11.8 Å². The summed E-state index contributed by atoms with van der Waals surface area (Å²) in [5, 5.41) is 0.874. The molecule has 2 aliphatic rings. The monoisotopic (exact) mass is 431 g/mol. The van der Waals surface area contributed by atoms with E-state index in [0.29, 0.717) is 10.4 Å². The Morgan fingerprint density at radius 2 is 1.58 bits per heavy atom. The van der Waals surface area contributed by atoms with Crippen molar-refractivity contribution in [1.29, 1.82) is 0 Å². The molecule has 5 rings (SSSR count). The average Bonchev–Trinajstić information content (AvgIpc) is 3.41. The molecule has 0 N–H and O–H groups in total. The smallest absolute Gasteiger partial charge is 0.266 e. The summed E-state index contributed by atoms with van der Waals surface area (Å²) in [5.41, 5.74) is 1.75. The first-order chi connectivity index (χ1) is 15.1. The third-order valence-corrected chi connectivity index (χ3v) is 7.60. The molecule has 31 heavy (non-hydrogen) atoms. The number of benzene rings is 2. The number of rotatable bonds is 4. The summed E-state index contributed by atoms with van der Waals surface area (Å²) < 4.78 is 0. The van der Waals surface area contributed by atoms with E-state index in [0.717, 1.165) is 36.3 Å². The van der Waals surface area contributed by atoms with Crippen molar-refractivity contribution in [2.24, 2.45) is 0 Å². The maximum absolute atomic E-state index is 13.4. The molecule has 2 aliphatic heterocycles. The van der Waals surface area contributed by atoms with Gasteiger partial charge in [-0.05, 0) is 37.8 Å². The van der Waals surface area contributed by atoms with E-state index in [1.165, 1.54) is 11.3 Å². The molecule has 2 fully saturated rings. The van der Waals surface area contributed by atoms with Crippen LogP contribution in [0.25, 0.3) is 10.6 Å². The quantitative estimate of drug-likeness (QED) is 0.601. The number of carbonyl (C=O) groups is 2. The van der Waals surface area contributed by atoms with Crippen molar-refractivity contribution < 1.29 is 9.59 Å². The highest BCUT2D eigenvalue weighted by atomic mass is 32.1. The first-order valence-corrected chi connectivity index (χ1v) is 11.6. The molecule has 5 nitrogen and oxygen atoms in total. The zero-order valence-corrected chi connectivity index (χ0v) is 18.3. The average molecular weight is 432 g/mol. The molecule has 0 radical (unpaired) electrons. The van der Waals surface area contributed by atoms with E-state index in [1.807, 2.05) is 72.6 Å². The summed E-state index contributed by atoms with van der Waals surface area (Å²) in [6, 6.07) is 19.9. The Morgan fingerprint density at radius 1 is 0.968 bits per heavy atom. The molecular formula is C25H25N3O2S. The van der Waals surface area contributed by atoms with Crippen LogP contribution in [-0.2, 0) is 0 Å². The molecule has 2 aromatic carbocycles. The lowest BCUT2D eigenvalue weighted by molar-refractivity contribution is 0.0410. The minimum absolute atomic E-state index is 0.0553. The lowest BCUT2D eigenvalue weighted by atomic mass is 9.95. The highest BCUT2D eigenvalue weighted by Crippen LogP contribution is 2.39. The second-order valence-electron chi connectivity index (χ2n) is 8.40. The van der Waals surface area contributed by atoms with Crippen LogP contribution in [0, 0.1) is 0 Å². The molecular weight excluding hydrogens is 406 g/mol. The number of amides is 2. The minimum Gasteiger partial charge on any atom is -0.339 e. The van der Waals surface area contributed by atoms with Crippen LogP contribution in [0.2, 0.25) is 0 Å². The van der Waals surface area contributed by atoms with Crippen LogP contribution < -0.4 is 0 Å². The van der Waals surface area contributed by atoms with Gasteiger partial charge >= 0.3 is 0 Å². The third-order valence-electron chi connectivity index (χ3n) is 6.57. The molecule has 2 atom stereocenters. The van der Waals surface area contributed by atoms with Gasteiger partial charge in [0.15, 0.2) is 0 Å². The fraction of sp³-hybridized carbons (Fsp3) is 0.320. The second-order valence-corrected chi connectivity index (χ2v) is 9.43. The van der Waals surface area contributed by atoms with Gasteiger partial charge in [-0.3, -0.25) is 9.59 Å². The van der Waals surface area contributed by atoms with Gasteiger partial charge in [0, 0.05) is 36.3 Å². The van der Waals surface area contributed by atoms with E-state index < -0.39 is 0 Å². The van der Waals surface area contributed by atoms with E-state index in [9.17, 15) is 9.59 Å². The van der Waals surface area contributed by atoms with Crippen LogP contribution in [-0.4, -0.2) is 51.8 Å². The van der Waals surface area contributed by atoms with Crippen molar-refractivity contribution >= 4 is 23.2 Å². The molecule has 0 spiro atoms. The Hall–Kier alpha value is -2.99. The Bertz CT molecular complexity index is 1070. The SMILES string of the molecule is CN(C(=O)c1ccccc1)C1CC2CCC(C1)N2C(=O)c1cnc(-c2ccccc2)s1. The number of thiazole rings is 1. The van der Waals surface area contributed by atoms with Gasteiger partial charge in [0.05, 0.1) is 6.20 Å². The summed E-state index contributed by atoms with van der Waals surface area (Å²) in [7, 11) is 1.90. The largest absolute Gasteiger partial charge is 0.339 e. The van der Waals surface area contributed by atoms with Crippen LogP contribution in [0.4, 0.5) is 0 Å². The maximum atomic E-state index is 13.4. The van der Waals surface area contributed by atoms with Gasteiger partial charge in [0.2, 0.25) is 0 Å². The topological polar surface area (TPSA) is 53.5 Å². The molecule has 0 saturated carbocycles. The molecule has 2 bridgehead atoms. The molecule has 3 aromatic rings. The Balaban J connectivity index is 1.30.